The monoisotopic (exact) mass is 425 g/mol. The van der Waals surface area contributed by atoms with E-state index < -0.39 is 0 Å². The number of aromatic nitrogens is 3. The number of halogens is 1. The third kappa shape index (κ3) is 4.63. The van der Waals surface area contributed by atoms with Crippen LogP contribution in [0.25, 0.3) is 5.69 Å². The largest absolute Gasteiger partial charge is 0.473 e. The number of hydrogen-bond donors (Lipinski definition) is 0. The number of anilines is 1. The molecule has 0 N–H and O–H groups in total. The predicted molar refractivity (Wildman–Crippen MR) is 118 cm³/mol. The summed E-state index contributed by atoms with van der Waals surface area (Å²) in [5.74, 6) is 1.40. The van der Waals surface area contributed by atoms with Crippen molar-refractivity contribution < 1.29 is 4.74 Å². The molecule has 0 aromatic carbocycles. The van der Waals surface area contributed by atoms with Crippen molar-refractivity contribution in [3.05, 3.63) is 75.9 Å². The van der Waals surface area contributed by atoms with Gasteiger partial charge in [-0.2, -0.15) is 0 Å². The van der Waals surface area contributed by atoms with Crippen molar-refractivity contribution in [3.8, 4) is 11.6 Å². The van der Waals surface area contributed by atoms with Gasteiger partial charge in [0.1, 0.15) is 12.4 Å². The van der Waals surface area contributed by atoms with Crippen LogP contribution in [0, 0.1) is 0 Å². The molecule has 30 heavy (non-hydrogen) atoms. The van der Waals surface area contributed by atoms with Gasteiger partial charge in [-0.15, -0.1) is 0 Å². The van der Waals surface area contributed by atoms with Crippen molar-refractivity contribution in [1.82, 2.24) is 19.4 Å². The number of nitrogens with zero attached hydrogens (tertiary/aromatic N) is 5. The van der Waals surface area contributed by atoms with Gasteiger partial charge in [0.2, 0.25) is 5.88 Å². The molecule has 0 aliphatic carbocycles. The van der Waals surface area contributed by atoms with Crippen LogP contribution in [0.1, 0.15) is 12.0 Å². The summed E-state index contributed by atoms with van der Waals surface area (Å²) >= 11 is 5.82. The minimum atomic E-state index is -0.136. The Morgan fingerprint density at radius 2 is 2.03 bits per heavy atom. The maximum Gasteiger partial charge on any atom is 0.255 e. The van der Waals surface area contributed by atoms with Gasteiger partial charge in [0.25, 0.3) is 5.56 Å². The maximum absolute atomic E-state index is 12.6. The highest BCUT2D eigenvalue weighted by atomic mass is 35.5. The number of pyridine rings is 3. The van der Waals surface area contributed by atoms with E-state index in [2.05, 4.69) is 33.9 Å². The summed E-state index contributed by atoms with van der Waals surface area (Å²) in [5.41, 5.74) is 1.37. The Kier molecular flexibility index (Phi) is 6.01. The summed E-state index contributed by atoms with van der Waals surface area (Å²) in [4.78, 5) is 25.8. The molecular formula is C22H24ClN5O2. The summed E-state index contributed by atoms with van der Waals surface area (Å²) in [6, 6.07) is 11.3. The Morgan fingerprint density at radius 3 is 2.67 bits per heavy atom. The molecule has 8 heteroatoms. The maximum atomic E-state index is 12.6. The summed E-state index contributed by atoms with van der Waals surface area (Å²) in [6.45, 7) is 2.21. The number of rotatable bonds is 6. The zero-order valence-corrected chi connectivity index (χ0v) is 17.8. The molecule has 0 spiro atoms. The fourth-order valence-electron chi connectivity index (χ4n) is 3.51. The van der Waals surface area contributed by atoms with E-state index in [1.54, 1.807) is 35.2 Å². The van der Waals surface area contributed by atoms with Crippen molar-refractivity contribution in [3.63, 3.8) is 0 Å². The molecule has 3 aromatic rings. The van der Waals surface area contributed by atoms with Crippen molar-refractivity contribution in [2.24, 2.45) is 0 Å². The molecule has 0 bridgehead atoms. The molecule has 1 unspecified atom stereocenters. The summed E-state index contributed by atoms with van der Waals surface area (Å²) in [5, 5.41) is 0.548. The van der Waals surface area contributed by atoms with Crippen LogP contribution < -0.4 is 15.2 Å². The topological polar surface area (TPSA) is 63.5 Å². The molecular weight excluding hydrogens is 402 g/mol. The molecule has 1 aliphatic heterocycles. The van der Waals surface area contributed by atoms with Crippen molar-refractivity contribution in [1.29, 1.82) is 0 Å². The van der Waals surface area contributed by atoms with E-state index in [9.17, 15) is 4.79 Å². The zero-order chi connectivity index (χ0) is 21.1. The minimum absolute atomic E-state index is 0.136. The van der Waals surface area contributed by atoms with Gasteiger partial charge in [-0.3, -0.25) is 9.36 Å². The fraction of sp³-hybridized carbons (Fsp3) is 0.318. The molecule has 3 aromatic heterocycles. The molecule has 4 heterocycles. The Morgan fingerprint density at radius 1 is 1.17 bits per heavy atom. The Balaban J connectivity index is 1.43. The van der Waals surface area contributed by atoms with Crippen LogP contribution in [0.15, 0.2) is 59.8 Å². The highest BCUT2D eigenvalue weighted by Gasteiger charge is 2.24. The van der Waals surface area contributed by atoms with Gasteiger partial charge >= 0.3 is 0 Å². The smallest absolute Gasteiger partial charge is 0.255 e. The van der Waals surface area contributed by atoms with Gasteiger partial charge in [0, 0.05) is 43.7 Å². The van der Waals surface area contributed by atoms with E-state index in [-0.39, 0.29) is 12.2 Å². The average molecular weight is 426 g/mol. The highest BCUT2D eigenvalue weighted by molar-refractivity contribution is 6.30. The second kappa shape index (κ2) is 8.85. The Labute approximate surface area is 180 Å². The Hall–Kier alpha value is -2.90. The molecule has 1 saturated heterocycles. The first-order chi connectivity index (χ1) is 14.5. The second-order valence-electron chi connectivity index (χ2n) is 7.57. The lowest BCUT2D eigenvalue weighted by Gasteiger charge is -2.21. The first kappa shape index (κ1) is 20.4. The van der Waals surface area contributed by atoms with E-state index >= 15 is 0 Å². The van der Waals surface area contributed by atoms with Crippen LogP contribution in [-0.4, -0.2) is 52.7 Å². The second-order valence-corrected chi connectivity index (χ2v) is 8.01. The zero-order valence-electron chi connectivity index (χ0n) is 17.0. The van der Waals surface area contributed by atoms with Crippen molar-refractivity contribution >= 4 is 17.4 Å². The van der Waals surface area contributed by atoms with Gasteiger partial charge in [0.15, 0.2) is 0 Å². The van der Waals surface area contributed by atoms with Crippen LogP contribution >= 0.6 is 11.6 Å². The number of hydrogen-bond acceptors (Lipinski definition) is 6. The fourth-order valence-corrected chi connectivity index (χ4v) is 3.62. The molecule has 156 valence electrons. The van der Waals surface area contributed by atoms with Crippen LogP contribution in [0.5, 0.6) is 5.88 Å². The molecule has 7 nitrogen and oxygen atoms in total. The first-order valence-corrected chi connectivity index (χ1v) is 10.2. The summed E-state index contributed by atoms with van der Waals surface area (Å²) < 4.78 is 7.18. The average Bonchev–Trinajstić information content (AvgIpc) is 3.24. The van der Waals surface area contributed by atoms with Gasteiger partial charge in [-0.25, -0.2) is 9.97 Å². The van der Waals surface area contributed by atoms with Gasteiger partial charge in [0.05, 0.1) is 16.9 Å². The van der Waals surface area contributed by atoms with E-state index in [1.807, 2.05) is 18.2 Å². The van der Waals surface area contributed by atoms with Crippen LogP contribution in [-0.2, 0) is 6.61 Å². The van der Waals surface area contributed by atoms with Gasteiger partial charge in [-0.05, 0) is 50.3 Å². The molecule has 1 atom stereocenters. The third-order valence-electron chi connectivity index (χ3n) is 5.30. The number of ether oxygens (including phenoxy) is 1. The molecule has 0 saturated carbocycles. The lowest BCUT2D eigenvalue weighted by molar-refractivity contribution is 0.293. The first-order valence-electron chi connectivity index (χ1n) is 9.83. The molecule has 1 aliphatic rings. The lowest BCUT2D eigenvalue weighted by Crippen LogP contribution is -2.31. The van der Waals surface area contributed by atoms with Gasteiger partial charge in [-0.1, -0.05) is 11.6 Å². The quantitative estimate of drug-likeness (QED) is 0.605. The van der Waals surface area contributed by atoms with E-state index in [4.69, 9.17) is 16.3 Å². The minimum Gasteiger partial charge on any atom is -0.473 e. The van der Waals surface area contributed by atoms with Crippen LogP contribution in [0.4, 0.5) is 5.82 Å². The lowest BCUT2D eigenvalue weighted by atomic mass is 10.2. The van der Waals surface area contributed by atoms with Crippen molar-refractivity contribution in [2.45, 2.75) is 19.1 Å². The molecule has 0 amide bonds. The normalized spacial score (nSPS) is 16.3. The van der Waals surface area contributed by atoms with E-state index in [0.29, 0.717) is 16.9 Å². The molecule has 1 fully saturated rings. The summed E-state index contributed by atoms with van der Waals surface area (Å²) in [6.07, 6.45) is 6.14. The van der Waals surface area contributed by atoms with Crippen molar-refractivity contribution in [2.75, 3.05) is 32.1 Å². The van der Waals surface area contributed by atoms with E-state index in [1.165, 1.54) is 6.20 Å². The number of likely N-dealkylation sites (N-methyl/N-ethyl adjacent to an activating group) is 1. The van der Waals surface area contributed by atoms with E-state index in [0.717, 1.165) is 36.6 Å². The Bertz CT molecular complexity index is 1050. The predicted octanol–water partition coefficient (Wildman–Crippen LogP) is 3.00. The van der Waals surface area contributed by atoms with Gasteiger partial charge < -0.3 is 14.5 Å². The standard InChI is InChI=1S/C22H24ClN5O2/c1-26(2)19-8-9-27(14-19)20-5-4-18(13-24-20)28-10-7-16(11-22(28)29)15-30-21-6-3-17(23)12-25-21/h3-7,10-13,19H,8-9,14-15H2,1-2H3. The SMILES string of the molecule is CN(C)C1CCN(c2ccc(-n3ccc(COc4ccc(Cl)cn4)cc3=O)cn2)C1. The third-order valence-corrected chi connectivity index (χ3v) is 5.52. The molecule has 0 radical (unpaired) electrons. The molecule has 4 rings (SSSR count). The van der Waals surface area contributed by atoms with Crippen LogP contribution in [0.2, 0.25) is 5.02 Å². The highest BCUT2D eigenvalue weighted by Crippen LogP contribution is 2.21. The summed E-state index contributed by atoms with van der Waals surface area (Å²) in [7, 11) is 4.22. The van der Waals surface area contributed by atoms with Crippen LogP contribution in [0.3, 0.4) is 0 Å².